The zero-order chi connectivity index (χ0) is 16.9. The highest BCUT2D eigenvalue weighted by atomic mass is 16.3. The van der Waals surface area contributed by atoms with Crippen LogP contribution in [-0.2, 0) is 0 Å². The molecule has 4 aliphatic rings. The van der Waals surface area contributed by atoms with E-state index in [4.69, 9.17) is 6.42 Å². The van der Waals surface area contributed by atoms with Gasteiger partial charge in [-0.15, -0.1) is 13.0 Å². The average Bonchev–Trinajstić information content (AvgIpc) is 2.86. The van der Waals surface area contributed by atoms with Gasteiger partial charge in [-0.1, -0.05) is 30.1 Å². The molecule has 0 bridgehead atoms. The second-order valence-electron chi connectivity index (χ2n) is 9.12. The molecule has 1 nitrogen and oxygen atoms in total. The first-order chi connectivity index (χ1) is 11.5. The van der Waals surface area contributed by atoms with Crippen LogP contribution >= 0.6 is 0 Å². The first-order valence-corrected chi connectivity index (χ1v) is 10.1. The molecule has 4 aliphatic carbocycles. The lowest BCUT2D eigenvalue weighted by atomic mass is 9.49. The number of fused-ring (bicyclic) bond motifs is 4. The second kappa shape index (κ2) is 5.77. The number of allylic oxidation sites excluding steroid dienone is 3. The fourth-order valence-corrected chi connectivity index (χ4v) is 7.18. The third-order valence-electron chi connectivity index (χ3n) is 8.27. The van der Waals surface area contributed by atoms with Crippen LogP contribution in [0.3, 0.4) is 0 Å². The minimum atomic E-state index is -0.900. The third-order valence-corrected chi connectivity index (χ3v) is 8.27. The molecule has 0 spiro atoms. The van der Waals surface area contributed by atoms with Crippen molar-refractivity contribution in [1.29, 1.82) is 0 Å². The van der Waals surface area contributed by atoms with Crippen molar-refractivity contribution in [2.75, 3.05) is 0 Å². The van der Waals surface area contributed by atoms with Crippen LogP contribution in [0.5, 0.6) is 0 Å². The summed E-state index contributed by atoms with van der Waals surface area (Å²) in [6.07, 6.45) is 20.0. The number of aliphatic hydroxyl groups is 1. The second-order valence-corrected chi connectivity index (χ2v) is 9.12. The van der Waals surface area contributed by atoms with Crippen LogP contribution in [0.15, 0.2) is 23.8 Å². The lowest BCUT2D eigenvalue weighted by Crippen LogP contribution is -2.53. The monoisotopic (exact) mass is 324 g/mol. The molecule has 0 aromatic carbocycles. The zero-order valence-electron chi connectivity index (χ0n) is 15.2. The maximum Gasteiger partial charge on any atom is 0.130 e. The Balaban J connectivity index is 1.76. The number of hydrogen-bond donors (Lipinski definition) is 1. The maximum atomic E-state index is 11.2. The Bertz CT molecular complexity index is 608. The predicted octanol–water partition coefficient (Wildman–Crippen LogP) is 5.26. The van der Waals surface area contributed by atoms with Crippen molar-refractivity contribution in [3.05, 3.63) is 23.8 Å². The summed E-state index contributed by atoms with van der Waals surface area (Å²) in [5.41, 5.74) is 2.61. The summed E-state index contributed by atoms with van der Waals surface area (Å²) >= 11 is 0. The standard InChI is InChI=1S/C23H32O/c1-4-8-17-15-22(3)20(13-14-23(22,24)5-2)19-12-11-16-9-6-7-10-18(16)21(17)19/h2,4,17,19-21,24H,1,6-15H2,3H3. The zero-order valence-corrected chi connectivity index (χ0v) is 15.2. The highest BCUT2D eigenvalue weighted by Crippen LogP contribution is 2.66. The molecule has 6 atom stereocenters. The summed E-state index contributed by atoms with van der Waals surface area (Å²) in [4.78, 5) is 0. The Hall–Kier alpha value is -1.00. The number of hydrogen-bond acceptors (Lipinski definition) is 1. The molecule has 24 heavy (non-hydrogen) atoms. The molecule has 0 saturated heterocycles. The lowest BCUT2D eigenvalue weighted by molar-refractivity contribution is -0.0921. The van der Waals surface area contributed by atoms with Gasteiger partial charge in [0.25, 0.3) is 0 Å². The molecule has 130 valence electrons. The fraction of sp³-hybridized carbons (Fsp3) is 0.739. The summed E-state index contributed by atoms with van der Waals surface area (Å²) in [6.45, 7) is 6.34. The van der Waals surface area contributed by atoms with E-state index >= 15 is 0 Å². The Morgan fingerprint density at radius 1 is 1.29 bits per heavy atom. The fourth-order valence-electron chi connectivity index (χ4n) is 7.18. The Labute approximate surface area is 147 Å². The van der Waals surface area contributed by atoms with E-state index in [0.717, 1.165) is 37.5 Å². The summed E-state index contributed by atoms with van der Waals surface area (Å²) in [6, 6.07) is 0. The molecule has 6 unspecified atom stereocenters. The topological polar surface area (TPSA) is 20.2 Å². The Kier molecular flexibility index (Phi) is 3.96. The first kappa shape index (κ1) is 16.5. The first-order valence-electron chi connectivity index (χ1n) is 10.1. The van der Waals surface area contributed by atoms with E-state index in [2.05, 4.69) is 25.5 Å². The van der Waals surface area contributed by atoms with Gasteiger partial charge in [-0.05, 0) is 87.9 Å². The van der Waals surface area contributed by atoms with E-state index in [0.29, 0.717) is 11.8 Å². The molecule has 0 aromatic heterocycles. The van der Waals surface area contributed by atoms with Crippen LogP contribution in [0.4, 0.5) is 0 Å². The SMILES string of the molecule is C#CC1(O)CCC2C3CCC4=C(CCCC4)C3C(CC=C)CC21C. The van der Waals surface area contributed by atoms with Crippen molar-refractivity contribution < 1.29 is 5.11 Å². The van der Waals surface area contributed by atoms with E-state index in [1.54, 1.807) is 5.57 Å². The van der Waals surface area contributed by atoms with E-state index in [-0.39, 0.29) is 5.41 Å². The third kappa shape index (κ3) is 2.12. The summed E-state index contributed by atoms with van der Waals surface area (Å²) in [5.74, 6) is 5.50. The van der Waals surface area contributed by atoms with Gasteiger partial charge in [-0.25, -0.2) is 0 Å². The molecule has 1 heteroatoms. The van der Waals surface area contributed by atoms with Gasteiger partial charge < -0.3 is 5.11 Å². The summed E-state index contributed by atoms with van der Waals surface area (Å²) in [7, 11) is 0. The quantitative estimate of drug-likeness (QED) is 0.542. The highest BCUT2D eigenvalue weighted by molar-refractivity contribution is 5.30. The van der Waals surface area contributed by atoms with E-state index in [1.165, 1.54) is 38.5 Å². The van der Waals surface area contributed by atoms with Gasteiger partial charge in [0.05, 0.1) is 0 Å². The molecular formula is C23H32O. The largest absolute Gasteiger partial charge is 0.377 e. The van der Waals surface area contributed by atoms with Crippen molar-refractivity contribution in [1.82, 2.24) is 0 Å². The van der Waals surface area contributed by atoms with Crippen LogP contribution in [0.1, 0.15) is 71.1 Å². The molecule has 0 heterocycles. The molecule has 0 radical (unpaired) electrons. The predicted molar refractivity (Wildman–Crippen MR) is 99.2 cm³/mol. The minimum Gasteiger partial charge on any atom is -0.377 e. The van der Waals surface area contributed by atoms with E-state index in [1.807, 2.05) is 5.57 Å². The van der Waals surface area contributed by atoms with Crippen molar-refractivity contribution >= 4 is 0 Å². The smallest absolute Gasteiger partial charge is 0.130 e. The van der Waals surface area contributed by atoms with Gasteiger partial charge >= 0.3 is 0 Å². The van der Waals surface area contributed by atoms with Crippen LogP contribution in [0.25, 0.3) is 0 Å². The van der Waals surface area contributed by atoms with Crippen LogP contribution in [-0.4, -0.2) is 10.7 Å². The van der Waals surface area contributed by atoms with Crippen LogP contribution in [0.2, 0.25) is 0 Å². The van der Waals surface area contributed by atoms with Crippen molar-refractivity contribution in [2.24, 2.45) is 29.1 Å². The van der Waals surface area contributed by atoms with Crippen LogP contribution in [0, 0.1) is 41.4 Å². The summed E-state index contributed by atoms with van der Waals surface area (Å²) < 4.78 is 0. The molecule has 0 aromatic rings. The van der Waals surface area contributed by atoms with Crippen molar-refractivity contribution in [3.63, 3.8) is 0 Å². The van der Waals surface area contributed by atoms with Gasteiger partial charge in [0.1, 0.15) is 5.60 Å². The molecule has 2 fully saturated rings. The highest BCUT2D eigenvalue weighted by Gasteiger charge is 2.63. The molecule has 0 aliphatic heterocycles. The normalized spacial score (nSPS) is 47.4. The molecule has 1 N–H and O–H groups in total. The van der Waals surface area contributed by atoms with Crippen molar-refractivity contribution in [3.8, 4) is 12.3 Å². The van der Waals surface area contributed by atoms with Gasteiger partial charge in [-0.2, -0.15) is 0 Å². The van der Waals surface area contributed by atoms with Gasteiger partial charge in [0.2, 0.25) is 0 Å². The van der Waals surface area contributed by atoms with E-state index < -0.39 is 5.60 Å². The maximum absolute atomic E-state index is 11.2. The van der Waals surface area contributed by atoms with Crippen molar-refractivity contribution in [2.45, 2.75) is 76.7 Å². The minimum absolute atomic E-state index is 0.108. The number of rotatable bonds is 2. The van der Waals surface area contributed by atoms with Gasteiger partial charge in [0, 0.05) is 5.41 Å². The molecule has 4 rings (SSSR count). The molecular weight excluding hydrogens is 292 g/mol. The Morgan fingerprint density at radius 2 is 2.08 bits per heavy atom. The van der Waals surface area contributed by atoms with Gasteiger partial charge in [0.15, 0.2) is 0 Å². The molecule has 2 saturated carbocycles. The van der Waals surface area contributed by atoms with Crippen LogP contribution < -0.4 is 0 Å². The Morgan fingerprint density at radius 3 is 2.83 bits per heavy atom. The number of terminal acetylenes is 1. The average molecular weight is 325 g/mol. The lowest BCUT2D eigenvalue weighted by Gasteiger charge is -2.56. The summed E-state index contributed by atoms with van der Waals surface area (Å²) in [5, 5.41) is 11.2. The molecule has 0 amide bonds. The van der Waals surface area contributed by atoms with Gasteiger partial charge in [-0.3, -0.25) is 0 Å². The van der Waals surface area contributed by atoms with E-state index in [9.17, 15) is 5.11 Å².